The second kappa shape index (κ2) is 8.08. The zero-order chi connectivity index (χ0) is 15.0. The van der Waals surface area contributed by atoms with Crippen LogP contribution in [-0.2, 0) is 6.54 Å². The van der Waals surface area contributed by atoms with E-state index in [1.165, 1.54) is 32.1 Å². The third kappa shape index (κ3) is 4.77. The Kier molecular flexibility index (Phi) is 6.11. The van der Waals surface area contributed by atoms with Gasteiger partial charge in [0, 0.05) is 20.2 Å². The Morgan fingerprint density at radius 3 is 2.76 bits per heavy atom. The van der Waals surface area contributed by atoms with Gasteiger partial charge in [0.2, 0.25) is 0 Å². The standard InChI is InChI=1S/C16H27N3O2/c1-17-15(18-12-14-6-5-11-21-14)19-13-16(9-10-20)7-3-2-4-8-16/h5-6,11,20H,2-4,7-10,12-13H2,1H3,(H2,17,18,19). The number of nitrogens with one attached hydrogen (secondary N) is 2. The Balaban J connectivity index is 1.83. The first-order chi connectivity index (χ1) is 10.3. The molecule has 0 bridgehead atoms. The molecular formula is C16H27N3O2. The van der Waals surface area contributed by atoms with Crippen molar-refractivity contribution >= 4 is 5.96 Å². The van der Waals surface area contributed by atoms with Crippen LogP contribution in [-0.4, -0.2) is 31.3 Å². The lowest BCUT2D eigenvalue weighted by molar-refractivity contribution is 0.131. The van der Waals surface area contributed by atoms with Crippen molar-refractivity contribution in [3.05, 3.63) is 24.2 Å². The van der Waals surface area contributed by atoms with E-state index in [2.05, 4.69) is 15.6 Å². The zero-order valence-electron chi connectivity index (χ0n) is 12.9. The fourth-order valence-electron chi connectivity index (χ4n) is 3.13. The molecule has 0 aromatic carbocycles. The maximum Gasteiger partial charge on any atom is 0.191 e. The molecule has 5 nitrogen and oxygen atoms in total. The van der Waals surface area contributed by atoms with Crippen LogP contribution in [0.1, 0.15) is 44.3 Å². The molecule has 0 aliphatic heterocycles. The summed E-state index contributed by atoms with van der Waals surface area (Å²) in [5, 5.41) is 16.0. The van der Waals surface area contributed by atoms with Gasteiger partial charge < -0.3 is 20.2 Å². The van der Waals surface area contributed by atoms with E-state index in [1.54, 1.807) is 13.3 Å². The Morgan fingerprint density at radius 1 is 1.33 bits per heavy atom. The van der Waals surface area contributed by atoms with Gasteiger partial charge in [-0.05, 0) is 36.8 Å². The lowest BCUT2D eigenvalue weighted by Gasteiger charge is -2.37. The molecule has 0 unspecified atom stereocenters. The molecular weight excluding hydrogens is 266 g/mol. The lowest BCUT2D eigenvalue weighted by atomic mass is 9.72. The number of aliphatic hydroxyl groups excluding tert-OH is 1. The number of nitrogens with zero attached hydrogens (tertiary/aromatic N) is 1. The summed E-state index contributed by atoms with van der Waals surface area (Å²) in [5.41, 5.74) is 0.218. The van der Waals surface area contributed by atoms with Crippen molar-refractivity contribution in [3.63, 3.8) is 0 Å². The van der Waals surface area contributed by atoms with Gasteiger partial charge in [0.15, 0.2) is 5.96 Å². The fourth-order valence-corrected chi connectivity index (χ4v) is 3.13. The van der Waals surface area contributed by atoms with Crippen LogP contribution in [0, 0.1) is 5.41 Å². The summed E-state index contributed by atoms with van der Waals surface area (Å²) in [4.78, 5) is 4.25. The average Bonchev–Trinajstić information content (AvgIpc) is 3.02. The Hall–Kier alpha value is -1.49. The van der Waals surface area contributed by atoms with Crippen LogP contribution in [0.4, 0.5) is 0 Å². The highest BCUT2D eigenvalue weighted by atomic mass is 16.3. The summed E-state index contributed by atoms with van der Waals surface area (Å²) in [6.45, 7) is 1.76. The first-order valence-corrected chi connectivity index (χ1v) is 7.86. The highest BCUT2D eigenvalue weighted by Crippen LogP contribution is 2.38. The van der Waals surface area contributed by atoms with Crippen LogP contribution in [0.2, 0.25) is 0 Å². The number of hydrogen-bond donors (Lipinski definition) is 3. The van der Waals surface area contributed by atoms with E-state index in [-0.39, 0.29) is 12.0 Å². The summed E-state index contributed by atoms with van der Waals surface area (Å²) in [5.74, 6) is 1.68. The van der Waals surface area contributed by atoms with Gasteiger partial charge in [0.05, 0.1) is 12.8 Å². The quantitative estimate of drug-likeness (QED) is 0.556. The summed E-state index contributed by atoms with van der Waals surface area (Å²) < 4.78 is 5.30. The van der Waals surface area contributed by atoms with Gasteiger partial charge in [0.25, 0.3) is 0 Å². The number of hydrogen-bond acceptors (Lipinski definition) is 3. The van der Waals surface area contributed by atoms with Crippen molar-refractivity contribution in [2.45, 2.75) is 45.1 Å². The Bertz CT molecular complexity index is 417. The smallest absolute Gasteiger partial charge is 0.191 e. The van der Waals surface area contributed by atoms with Crippen LogP contribution >= 0.6 is 0 Å². The van der Waals surface area contributed by atoms with Gasteiger partial charge in [-0.15, -0.1) is 0 Å². The number of aliphatic imine (C=N–C) groups is 1. The van der Waals surface area contributed by atoms with Gasteiger partial charge in [-0.2, -0.15) is 0 Å². The first-order valence-electron chi connectivity index (χ1n) is 7.86. The summed E-state index contributed by atoms with van der Waals surface area (Å²) in [6.07, 6.45) is 8.77. The third-order valence-electron chi connectivity index (χ3n) is 4.42. The molecule has 3 N–H and O–H groups in total. The molecule has 2 rings (SSSR count). The molecule has 1 fully saturated rings. The van der Waals surface area contributed by atoms with Crippen molar-refractivity contribution < 1.29 is 9.52 Å². The largest absolute Gasteiger partial charge is 0.467 e. The second-order valence-electron chi connectivity index (χ2n) is 5.89. The van der Waals surface area contributed by atoms with Gasteiger partial charge in [-0.1, -0.05) is 19.3 Å². The van der Waals surface area contributed by atoms with E-state index in [4.69, 9.17) is 4.42 Å². The first kappa shape index (κ1) is 15.9. The predicted molar refractivity (Wildman–Crippen MR) is 84.1 cm³/mol. The van der Waals surface area contributed by atoms with E-state index in [0.29, 0.717) is 6.54 Å². The zero-order valence-corrected chi connectivity index (χ0v) is 12.9. The third-order valence-corrected chi connectivity index (χ3v) is 4.42. The second-order valence-corrected chi connectivity index (χ2v) is 5.89. The maximum absolute atomic E-state index is 9.35. The Labute approximate surface area is 126 Å². The number of aliphatic hydroxyl groups is 1. The Morgan fingerprint density at radius 2 is 2.14 bits per heavy atom. The number of rotatable bonds is 6. The predicted octanol–water partition coefficient (Wildman–Crippen LogP) is 2.28. The normalized spacial score (nSPS) is 18.5. The monoisotopic (exact) mass is 293 g/mol. The molecule has 0 atom stereocenters. The molecule has 1 aliphatic carbocycles. The van der Waals surface area contributed by atoms with E-state index < -0.39 is 0 Å². The minimum Gasteiger partial charge on any atom is -0.467 e. The highest BCUT2D eigenvalue weighted by Gasteiger charge is 2.31. The van der Waals surface area contributed by atoms with Crippen molar-refractivity contribution in [2.75, 3.05) is 20.2 Å². The van der Waals surface area contributed by atoms with Gasteiger partial charge in [-0.3, -0.25) is 4.99 Å². The molecule has 21 heavy (non-hydrogen) atoms. The van der Waals surface area contributed by atoms with Crippen LogP contribution in [0.5, 0.6) is 0 Å². The minimum absolute atomic E-state index is 0.218. The summed E-state index contributed by atoms with van der Waals surface area (Å²) in [7, 11) is 1.77. The SMILES string of the molecule is CN=C(NCc1ccco1)NCC1(CCO)CCCCC1. The number of furan rings is 1. The maximum atomic E-state index is 9.35. The molecule has 5 heteroatoms. The van der Waals surface area contributed by atoms with Gasteiger partial charge in [-0.25, -0.2) is 0 Å². The minimum atomic E-state index is 0.218. The van der Waals surface area contributed by atoms with E-state index in [1.807, 2.05) is 12.1 Å². The van der Waals surface area contributed by atoms with Crippen LogP contribution in [0.25, 0.3) is 0 Å². The van der Waals surface area contributed by atoms with Crippen LogP contribution in [0.3, 0.4) is 0 Å². The van der Waals surface area contributed by atoms with E-state index in [0.717, 1.165) is 24.7 Å². The lowest BCUT2D eigenvalue weighted by Crippen LogP contribution is -2.44. The van der Waals surface area contributed by atoms with E-state index in [9.17, 15) is 5.11 Å². The van der Waals surface area contributed by atoms with Crippen molar-refractivity contribution in [3.8, 4) is 0 Å². The molecule has 118 valence electrons. The van der Waals surface area contributed by atoms with Crippen molar-refractivity contribution in [1.82, 2.24) is 10.6 Å². The topological polar surface area (TPSA) is 69.8 Å². The molecule has 0 saturated heterocycles. The van der Waals surface area contributed by atoms with Gasteiger partial charge in [0.1, 0.15) is 5.76 Å². The number of guanidine groups is 1. The molecule has 0 spiro atoms. The molecule has 0 amide bonds. The molecule has 1 aromatic heterocycles. The summed E-state index contributed by atoms with van der Waals surface area (Å²) in [6, 6.07) is 3.82. The highest BCUT2D eigenvalue weighted by molar-refractivity contribution is 5.79. The molecule has 1 saturated carbocycles. The molecule has 1 aromatic rings. The van der Waals surface area contributed by atoms with Crippen molar-refractivity contribution in [1.29, 1.82) is 0 Å². The van der Waals surface area contributed by atoms with Crippen molar-refractivity contribution in [2.24, 2.45) is 10.4 Å². The van der Waals surface area contributed by atoms with E-state index >= 15 is 0 Å². The molecule has 1 aliphatic rings. The van der Waals surface area contributed by atoms with Gasteiger partial charge >= 0.3 is 0 Å². The summed E-state index contributed by atoms with van der Waals surface area (Å²) >= 11 is 0. The van der Waals surface area contributed by atoms with Crippen LogP contribution < -0.4 is 10.6 Å². The average molecular weight is 293 g/mol. The molecule has 0 radical (unpaired) electrons. The van der Waals surface area contributed by atoms with Crippen LogP contribution in [0.15, 0.2) is 27.8 Å². The fraction of sp³-hybridized carbons (Fsp3) is 0.688. The molecule has 1 heterocycles.